The molecule has 0 aliphatic rings. The molecule has 0 aromatic carbocycles. The van der Waals surface area contributed by atoms with E-state index >= 15 is 0 Å². The van der Waals surface area contributed by atoms with Crippen molar-refractivity contribution in [3.63, 3.8) is 0 Å². The molecule has 0 aliphatic heterocycles. The van der Waals surface area contributed by atoms with Gasteiger partial charge >= 0.3 is 17.9 Å². The molecule has 0 amide bonds. The summed E-state index contributed by atoms with van der Waals surface area (Å²) in [6.07, 6.45) is 5.32. The van der Waals surface area contributed by atoms with Crippen LogP contribution in [0.4, 0.5) is 0 Å². The number of carboxylic acids is 1. The maximum atomic E-state index is 11.6. The van der Waals surface area contributed by atoms with Crippen LogP contribution >= 0.6 is 0 Å². The first kappa shape index (κ1) is 34.9. The van der Waals surface area contributed by atoms with Gasteiger partial charge < -0.3 is 38.3 Å². The van der Waals surface area contributed by atoms with Crippen molar-refractivity contribution in [1.29, 1.82) is 0 Å². The molecule has 0 unspecified atom stereocenters. The fourth-order valence-electron chi connectivity index (χ4n) is 2.75. The molecule has 0 atom stereocenters. The van der Waals surface area contributed by atoms with Crippen molar-refractivity contribution in [2.45, 2.75) is 58.3 Å². The first-order valence-electron chi connectivity index (χ1n) is 12.9. The SMILES string of the molecule is CCCCCCCC(=O)OCCOCCOCCOCCOCCOCCOC(=O)CCC(=O)C(=O)O. The van der Waals surface area contributed by atoms with E-state index in [2.05, 4.69) is 6.92 Å². The lowest BCUT2D eigenvalue weighted by atomic mass is 10.1. The summed E-state index contributed by atoms with van der Waals surface area (Å²) in [7, 11) is 0. The molecule has 0 radical (unpaired) electrons. The first-order chi connectivity index (χ1) is 18.0. The lowest BCUT2D eigenvalue weighted by molar-refractivity contribution is -0.151. The first-order valence-corrected chi connectivity index (χ1v) is 12.9. The molecule has 12 nitrogen and oxygen atoms in total. The molecular weight excluding hydrogens is 492 g/mol. The van der Waals surface area contributed by atoms with E-state index in [0.717, 1.165) is 12.8 Å². The number of ketones is 1. The van der Waals surface area contributed by atoms with Gasteiger partial charge in [0.15, 0.2) is 0 Å². The standard InChI is InChI=1S/C25H44O12/c1-2-3-4-5-6-7-23(27)36-20-18-34-16-14-32-12-10-31-11-13-33-15-17-35-19-21-37-24(28)9-8-22(26)25(29)30/h2-21H2,1H3,(H,29,30). The van der Waals surface area contributed by atoms with Crippen LogP contribution in [0.2, 0.25) is 0 Å². The van der Waals surface area contributed by atoms with Gasteiger partial charge in [0.05, 0.1) is 72.5 Å². The Morgan fingerprint density at radius 3 is 1.27 bits per heavy atom. The minimum Gasteiger partial charge on any atom is -0.476 e. The van der Waals surface area contributed by atoms with Gasteiger partial charge in [0, 0.05) is 12.8 Å². The van der Waals surface area contributed by atoms with Gasteiger partial charge in [-0.2, -0.15) is 0 Å². The lowest BCUT2D eigenvalue weighted by Crippen LogP contribution is -2.17. The lowest BCUT2D eigenvalue weighted by Gasteiger charge is -2.08. The van der Waals surface area contributed by atoms with E-state index in [1.807, 2.05) is 0 Å². The Morgan fingerprint density at radius 2 is 0.865 bits per heavy atom. The number of ether oxygens (including phenoxy) is 7. The number of hydrogen-bond acceptors (Lipinski definition) is 11. The van der Waals surface area contributed by atoms with Gasteiger partial charge in [0.1, 0.15) is 13.2 Å². The molecule has 0 bridgehead atoms. The molecule has 0 saturated heterocycles. The molecule has 0 fully saturated rings. The average Bonchev–Trinajstić information content (AvgIpc) is 2.88. The van der Waals surface area contributed by atoms with E-state index in [1.54, 1.807) is 0 Å². The van der Waals surface area contributed by atoms with Gasteiger partial charge in [-0.1, -0.05) is 32.6 Å². The van der Waals surface area contributed by atoms with Crippen LogP contribution in [0, 0.1) is 0 Å². The minimum atomic E-state index is -1.56. The maximum Gasteiger partial charge on any atom is 0.372 e. The van der Waals surface area contributed by atoms with Crippen LogP contribution in [-0.4, -0.2) is 108 Å². The Bertz CT molecular complexity index is 596. The molecule has 0 saturated carbocycles. The van der Waals surface area contributed by atoms with E-state index in [4.69, 9.17) is 38.3 Å². The highest BCUT2D eigenvalue weighted by molar-refractivity contribution is 6.32. The summed E-state index contributed by atoms with van der Waals surface area (Å²) in [5.41, 5.74) is 0. The number of Topliss-reactive ketones (excluding diaryl/α,β-unsaturated/α-hetero) is 1. The second-order valence-electron chi connectivity index (χ2n) is 7.90. The van der Waals surface area contributed by atoms with Gasteiger partial charge in [-0.3, -0.25) is 14.4 Å². The van der Waals surface area contributed by atoms with Crippen molar-refractivity contribution in [3.05, 3.63) is 0 Å². The molecule has 1 N–H and O–H groups in total. The largest absolute Gasteiger partial charge is 0.476 e. The van der Waals surface area contributed by atoms with E-state index in [-0.39, 0.29) is 38.6 Å². The smallest absolute Gasteiger partial charge is 0.372 e. The Kier molecular flexibility index (Phi) is 25.4. The summed E-state index contributed by atoms with van der Waals surface area (Å²) in [6, 6.07) is 0. The molecule has 216 valence electrons. The summed E-state index contributed by atoms with van der Waals surface area (Å²) >= 11 is 0. The van der Waals surface area contributed by atoms with Crippen LogP contribution in [-0.2, 0) is 52.3 Å². The zero-order valence-electron chi connectivity index (χ0n) is 22.1. The number of carboxylic acid groups (broad SMARTS) is 1. The van der Waals surface area contributed by atoms with E-state index in [9.17, 15) is 19.2 Å². The molecule has 0 heterocycles. The number of esters is 2. The third-order valence-electron chi connectivity index (χ3n) is 4.75. The van der Waals surface area contributed by atoms with Crippen LogP contribution in [0.25, 0.3) is 0 Å². The van der Waals surface area contributed by atoms with Crippen LogP contribution in [0.1, 0.15) is 58.3 Å². The number of aliphatic carboxylic acids is 1. The van der Waals surface area contributed by atoms with Crippen LogP contribution in [0.3, 0.4) is 0 Å². The normalized spacial score (nSPS) is 10.8. The van der Waals surface area contributed by atoms with Gasteiger partial charge in [0.25, 0.3) is 0 Å². The van der Waals surface area contributed by atoms with E-state index < -0.39 is 17.7 Å². The quantitative estimate of drug-likeness (QED) is 0.0883. The van der Waals surface area contributed by atoms with Crippen molar-refractivity contribution in [1.82, 2.24) is 0 Å². The molecule has 0 aromatic rings. The maximum absolute atomic E-state index is 11.6. The molecule has 0 aliphatic carbocycles. The highest BCUT2D eigenvalue weighted by Gasteiger charge is 2.14. The molecule has 0 spiro atoms. The fourth-order valence-corrected chi connectivity index (χ4v) is 2.75. The van der Waals surface area contributed by atoms with Crippen molar-refractivity contribution in [2.75, 3.05) is 79.3 Å². The predicted octanol–water partition coefficient (Wildman–Crippen LogP) is 1.95. The molecule has 0 aromatic heterocycles. The topological polar surface area (TPSA) is 153 Å². The monoisotopic (exact) mass is 536 g/mol. The van der Waals surface area contributed by atoms with E-state index in [0.29, 0.717) is 65.9 Å². The van der Waals surface area contributed by atoms with Gasteiger partial charge in [-0.15, -0.1) is 0 Å². The molecule has 12 heteroatoms. The molecule has 0 rings (SSSR count). The van der Waals surface area contributed by atoms with Gasteiger partial charge in [0.2, 0.25) is 5.78 Å². The number of unbranched alkanes of at least 4 members (excludes halogenated alkanes) is 4. The van der Waals surface area contributed by atoms with Crippen LogP contribution in [0.5, 0.6) is 0 Å². The Hall–Kier alpha value is -2.12. The summed E-state index contributed by atoms with van der Waals surface area (Å²) in [5, 5.41) is 8.41. The van der Waals surface area contributed by atoms with Crippen LogP contribution < -0.4 is 0 Å². The van der Waals surface area contributed by atoms with Crippen molar-refractivity contribution in [3.8, 4) is 0 Å². The van der Waals surface area contributed by atoms with E-state index in [1.165, 1.54) is 19.3 Å². The third kappa shape index (κ3) is 26.7. The number of carbonyl (C=O) groups is 4. The number of rotatable bonds is 28. The zero-order valence-corrected chi connectivity index (χ0v) is 22.1. The van der Waals surface area contributed by atoms with Crippen molar-refractivity contribution >= 4 is 23.7 Å². The Balaban J connectivity index is 3.21. The summed E-state index contributed by atoms with van der Waals surface area (Å²) in [6.45, 7) is 6.15. The van der Waals surface area contributed by atoms with Crippen molar-refractivity contribution < 1.29 is 57.4 Å². The second kappa shape index (κ2) is 26.9. The predicted molar refractivity (Wildman–Crippen MR) is 131 cm³/mol. The highest BCUT2D eigenvalue weighted by atomic mass is 16.6. The van der Waals surface area contributed by atoms with Gasteiger partial charge in [-0.25, -0.2) is 4.79 Å². The Labute approximate surface area is 219 Å². The summed E-state index contributed by atoms with van der Waals surface area (Å²) in [4.78, 5) is 44.1. The Morgan fingerprint density at radius 1 is 0.486 bits per heavy atom. The molecule has 37 heavy (non-hydrogen) atoms. The van der Waals surface area contributed by atoms with Gasteiger partial charge in [-0.05, 0) is 6.42 Å². The number of hydrogen-bond donors (Lipinski definition) is 1. The third-order valence-corrected chi connectivity index (χ3v) is 4.75. The zero-order chi connectivity index (χ0) is 27.4. The fraction of sp³-hybridized carbons (Fsp3) is 0.840. The van der Waals surface area contributed by atoms with Crippen molar-refractivity contribution in [2.24, 2.45) is 0 Å². The molecular formula is C25H44O12. The minimum absolute atomic E-state index is 0.0148. The second-order valence-corrected chi connectivity index (χ2v) is 7.90. The summed E-state index contributed by atoms with van der Waals surface area (Å²) < 4.78 is 36.6. The average molecular weight is 537 g/mol. The highest BCUT2D eigenvalue weighted by Crippen LogP contribution is 2.05. The number of carbonyl (C=O) groups excluding carboxylic acids is 3. The van der Waals surface area contributed by atoms with Crippen LogP contribution in [0.15, 0.2) is 0 Å². The summed E-state index contributed by atoms with van der Waals surface area (Å²) in [5.74, 6) is -3.41.